The van der Waals surface area contributed by atoms with Crippen LogP contribution in [0.5, 0.6) is 0 Å². The topological polar surface area (TPSA) is 17.1 Å². The zero-order valence-electron chi connectivity index (χ0n) is 7.50. The summed E-state index contributed by atoms with van der Waals surface area (Å²) in [5, 5.41) is 2.58. The molecule has 0 N–H and O–H groups in total. The van der Waals surface area contributed by atoms with Crippen LogP contribution in [0.3, 0.4) is 0 Å². The van der Waals surface area contributed by atoms with Crippen molar-refractivity contribution in [1.82, 2.24) is 0 Å². The maximum Gasteiger partial charge on any atom is 0.178 e. The average molecular weight is 322 g/mol. The van der Waals surface area contributed by atoms with E-state index in [9.17, 15) is 4.79 Å². The van der Waals surface area contributed by atoms with Gasteiger partial charge in [-0.1, -0.05) is 11.6 Å². The molecule has 0 atom stereocenters. The number of carbonyl (C=O) groups excluding carboxylic acids is 1. The molecule has 2 aromatic rings. The van der Waals surface area contributed by atoms with E-state index in [1.54, 1.807) is 0 Å². The first kappa shape index (κ1) is 11.3. The molecule has 0 aliphatic carbocycles. The zero-order valence-corrected chi connectivity index (χ0v) is 11.5. The molecule has 15 heavy (non-hydrogen) atoms. The number of ketones is 1. The minimum Gasteiger partial charge on any atom is -0.293 e. The van der Waals surface area contributed by atoms with Crippen molar-refractivity contribution >= 4 is 56.0 Å². The van der Waals surface area contributed by atoms with Crippen molar-refractivity contribution in [1.29, 1.82) is 0 Å². The number of hydrogen-bond donors (Lipinski definition) is 0. The summed E-state index contributed by atoms with van der Waals surface area (Å²) in [6, 6.07) is 5.53. The van der Waals surface area contributed by atoms with Gasteiger partial charge in [-0.15, -0.1) is 22.7 Å². The Labute approximate surface area is 109 Å². The maximum atomic E-state index is 11.8. The Hall–Kier alpha value is -0.160. The van der Waals surface area contributed by atoms with E-state index in [4.69, 9.17) is 11.6 Å². The van der Waals surface area contributed by atoms with Crippen LogP contribution < -0.4 is 0 Å². The van der Waals surface area contributed by atoms with Gasteiger partial charge in [0.15, 0.2) is 5.78 Å². The summed E-state index contributed by atoms with van der Waals surface area (Å²) in [5.74, 6) is 0.120. The highest BCUT2D eigenvalue weighted by Crippen LogP contribution is 2.27. The summed E-state index contributed by atoms with van der Waals surface area (Å²) in [4.78, 5) is 13.5. The monoisotopic (exact) mass is 320 g/mol. The first-order valence-electron chi connectivity index (χ1n) is 4.17. The fourth-order valence-electron chi connectivity index (χ4n) is 1.15. The molecule has 0 unspecified atom stereocenters. The predicted molar refractivity (Wildman–Crippen MR) is 69.4 cm³/mol. The van der Waals surface area contributed by atoms with E-state index in [1.165, 1.54) is 22.7 Å². The van der Waals surface area contributed by atoms with Crippen molar-refractivity contribution in [2.24, 2.45) is 0 Å². The van der Waals surface area contributed by atoms with Gasteiger partial charge in [-0.2, -0.15) is 0 Å². The Balaban J connectivity index is 2.14. The summed E-state index contributed by atoms with van der Waals surface area (Å²) in [5.41, 5.74) is 0. The largest absolute Gasteiger partial charge is 0.293 e. The summed E-state index contributed by atoms with van der Waals surface area (Å²) < 4.78 is 0.975. The Morgan fingerprint density at radius 1 is 1.40 bits per heavy atom. The molecule has 0 radical (unpaired) electrons. The third-order valence-corrected chi connectivity index (χ3v) is 4.91. The van der Waals surface area contributed by atoms with Crippen molar-refractivity contribution in [3.8, 4) is 0 Å². The molecule has 2 rings (SSSR count). The predicted octanol–water partition coefficient (Wildman–Crippen LogP) is 4.65. The zero-order chi connectivity index (χ0) is 10.8. The number of Topliss-reactive ketones (excluding diaryl/α,β-unsaturated/α-hetero) is 1. The summed E-state index contributed by atoms with van der Waals surface area (Å²) in [6.07, 6.45) is 0.392. The summed E-state index contributed by atoms with van der Waals surface area (Å²) >= 11 is 12.2. The molecule has 0 aliphatic heterocycles. The number of carbonyl (C=O) groups is 1. The number of hydrogen-bond acceptors (Lipinski definition) is 3. The van der Waals surface area contributed by atoms with Gasteiger partial charge in [0.05, 0.1) is 13.7 Å². The van der Waals surface area contributed by atoms with Gasteiger partial charge >= 0.3 is 0 Å². The lowest BCUT2D eigenvalue weighted by Crippen LogP contribution is -1.99. The first-order valence-corrected chi connectivity index (χ1v) is 7.04. The van der Waals surface area contributed by atoms with Crippen LogP contribution in [0.1, 0.15) is 14.5 Å². The van der Waals surface area contributed by atoms with Gasteiger partial charge in [0.1, 0.15) is 0 Å². The molecular weight excluding hydrogens is 316 g/mol. The van der Waals surface area contributed by atoms with Crippen LogP contribution in [0.4, 0.5) is 0 Å². The third-order valence-electron chi connectivity index (χ3n) is 1.86. The molecule has 0 bridgehead atoms. The van der Waals surface area contributed by atoms with E-state index >= 15 is 0 Å². The average Bonchev–Trinajstić information content (AvgIpc) is 2.77. The third kappa shape index (κ3) is 2.69. The molecule has 78 valence electrons. The van der Waals surface area contributed by atoms with Crippen molar-refractivity contribution in [2.45, 2.75) is 6.42 Å². The molecule has 0 saturated carbocycles. The highest BCUT2D eigenvalue weighted by atomic mass is 79.9. The van der Waals surface area contributed by atoms with E-state index in [2.05, 4.69) is 15.9 Å². The molecule has 0 spiro atoms. The molecule has 2 aromatic heterocycles. The van der Waals surface area contributed by atoms with Crippen LogP contribution in [0.25, 0.3) is 0 Å². The molecule has 2 heterocycles. The normalized spacial score (nSPS) is 10.5. The number of thiophene rings is 2. The molecule has 0 aromatic carbocycles. The van der Waals surface area contributed by atoms with E-state index in [1.807, 2.05) is 23.6 Å². The van der Waals surface area contributed by atoms with Gasteiger partial charge < -0.3 is 0 Å². The van der Waals surface area contributed by atoms with Crippen molar-refractivity contribution in [3.63, 3.8) is 0 Å². The minimum absolute atomic E-state index is 0.120. The van der Waals surface area contributed by atoms with Gasteiger partial charge in [0.2, 0.25) is 0 Å². The van der Waals surface area contributed by atoms with Crippen LogP contribution in [0.15, 0.2) is 27.4 Å². The quantitative estimate of drug-likeness (QED) is 0.752. The van der Waals surface area contributed by atoms with E-state index < -0.39 is 0 Å². The van der Waals surface area contributed by atoms with Crippen molar-refractivity contribution < 1.29 is 4.79 Å². The highest BCUT2D eigenvalue weighted by molar-refractivity contribution is 9.11. The lowest BCUT2D eigenvalue weighted by Gasteiger charge is -1.95. The lowest BCUT2D eigenvalue weighted by molar-refractivity contribution is 0.0997. The molecule has 5 heteroatoms. The molecular formula is C10H6BrClOS2. The summed E-state index contributed by atoms with van der Waals surface area (Å²) in [7, 11) is 0. The second-order valence-corrected chi connectivity index (χ2v) is 6.77. The molecule has 0 fully saturated rings. The van der Waals surface area contributed by atoms with Gasteiger partial charge in [0, 0.05) is 11.3 Å². The number of rotatable bonds is 3. The SMILES string of the molecule is O=C(Cc1sccc1Cl)c1ccc(Br)s1. The molecule has 0 saturated heterocycles. The number of halogens is 2. The minimum atomic E-state index is 0.120. The van der Waals surface area contributed by atoms with E-state index in [0.29, 0.717) is 11.4 Å². The van der Waals surface area contributed by atoms with Crippen LogP contribution in [-0.4, -0.2) is 5.78 Å². The Kier molecular flexibility index (Phi) is 3.61. The van der Waals surface area contributed by atoms with Crippen molar-refractivity contribution in [3.05, 3.63) is 42.1 Å². The van der Waals surface area contributed by atoms with Gasteiger partial charge in [-0.25, -0.2) is 0 Å². The Morgan fingerprint density at radius 3 is 2.73 bits per heavy atom. The smallest absolute Gasteiger partial charge is 0.178 e. The van der Waals surface area contributed by atoms with Crippen LogP contribution in [0.2, 0.25) is 5.02 Å². The fourth-order valence-corrected chi connectivity index (χ4v) is 3.57. The van der Waals surface area contributed by atoms with Gasteiger partial charge in [-0.3, -0.25) is 4.79 Å². The Bertz CT molecular complexity index is 489. The van der Waals surface area contributed by atoms with Crippen LogP contribution in [0, 0.1) is 0 Å². The van der Waals surface area contributed by atoms with E-state index in [-0.39, 0.29) is 5.78 Å². The van der Waals surface area contributed by atoms with E-state index in [0.717, 1.165) is 13.5 Å². The standard InChI is InChI=1S/C10H6BrClOS2/c11-10-2-1-8(15-10)7(13)5-9-6(12)3-4-14-9/h1-4H,5H2. The lowest BCUT2D eigenvalue weighted by atomic mass is 10.2. The van der Waals surface area contributed by atoms with Crippen LogP contribution in [-0.2, 0) is 6.42 Å². The second kappa shape index (κ2) is 4.78. The fraction of sp³-hybridized carbons (Fsp3) is 0.100. The van der Waals surface area contributed by atoms with Gasteiger partial charge in [-0.05, 0) is 39.5 Å². The summed E-state index contributed by atoms with van der Waals surface area (Å²) in [6.45, 7) is 0. The first-order chi connectivity index (χ1) is 7.16. The highest BCUT2D eigenvalue weighted by Gasteiger charge is 2.12. The molecule has 0 amide bonds. The molecule has 0 aliphatic rings. The van der Waals surface area contributed by atoms with Gasteiger partial charge in [0.25, 0.3) is 0 Å². The van der Waals surface area contributed by atoms with Crippen molar-refractivity contribution in [2.75, 3.05) is 0 Å². The Morgan fingerprint density at radius 2 is 2.20 bits per heavy atom. The maximum absolute atomic E-state index is 11.8. The second-order valence-electron chi connectivity index (χ2n) is 2.90. The molecule has 1 nitrogen and oxygen atoms in total. The van der Waals surface area contributed by atoms with Crippen LogP contribution >= 0.6 is 50.2 Å².